The predicted octanol–water partition coefficient (Wildman–Crippen LogP) is 11.3. The first-order chi connectivity index (χ1) is 19.4. The summed E-state index contributed by atoms with van der Waals surface area (Å²) in [5, 5.41) is 3.11. The lowest BCUT2D eigenvalue weighted by Gasteiger charge is -2.68. The standard InChI is InChI=1S/C39H64P2Si/c1-35(2,3)39(40,36(4,5)6)34-11-10-33(42(7,8)9)18-32(34)25-41(37-19-26-12-27(20-37)14-28(13-26)21-37)38-22-29-15-30(23-38)17-31(16-29)24-38/h10-11,18,26-31H,12-17,19-25,40H2,1-9H3. The molecule has 42 heavy (non-hydrogen) atoms. The molecular formula is C39H64P2Si. The van der Waals surface area contributed by atoms with Crippen molar-refractivity contribution in [2.45, 2.75) is 160 Å². The quantitative estimate of drug-likeness (QED) is 0.219. The van der Waals surface area contributed by atoms with Gasteiger partial charge in [-0.05, 0) is 151 Å². The van der Waals surface area contributed by atoms with E-state index in [0.717, 1.165) is 35.5 Å². The first kappa shape index (κ1) is 30.9. The average Bonchev–Trinajstić information content (AvgIpc) is 2.83. The minimum Gasteiger partial charge on any atom is -0.125 e. The lowest BCUT2D eigenvalue weighted by atomic mass is 9.55. The van der Waals surface area contributed by atoms with Gasteiger partial charge in [0, 0.05) is 5.16 Å². The molecule has 234 valence electrons. The fraction of sp³-hybridized carbons (Fsp3) is 0.846. The van der Waals surface area contributed by atoms with Gasteiger partial charge < -0.3 is 0 Å². The lowest BCUT2D eigenvalue weighted by molar-refractivity contribution is 0.0184. The van der Waals surface area contributed by atoms with E-state index in [2.05, 4.69) is 88.6 Å². The van der Waals surface area contributed by atoms with E-state index < -0.39 is 8.07 Å². The Balaban J connectivity index is 1.40. The van der Waals surface area contributed by atoms with Gasteiger partial charge >= 0.3 is 0 Å². The van der Waals surface area contributed by atoms with Crippen LogP contribution in [0.25, 0.3) is 0 Å². The van der Waals surface area contributed by atoms with E-state index in [9.17, 15) is 0 Å². The largest absolute Gasteiger partial charge is 0.125 e. The second kappa shape index (κ2) is 9.90. The van der Waals surface area contributed by atoms with E-state index in [0.29, 0.717) is 10.3 Å². The molecule has 9 rings (SSSR count). The fourth-order valence-corrected chi connectivity index (χ4v) is 19.9. The molecule has 0 saturated heterocycles. The molecule has 0 aliphatic heterocycles. The summed E-state index contributed by atoms with van der Waals surface area (Å²) in [6.45, 7) is 22.8. The van der Waals surface area contributed by atoms with Crippen LogP contribution in [-0.2, 0) is 11.3 Å². The van der Waals surface area contributed by atoms with Crippen LogP contribution in [0, 0.1) is 46.3 Å². The van der Waals surface area contributed by atoms with Crippen LogP contribution in [0.4, 0.5) is 0 Å². The van der Waals surface area contributed by atoms with Gasteiger partial charge in [0.05, 0.1) is 8.07 Å². The van der Waals surface area contributed by atoms with E-state index in [-0.39, 0.29) is 23.9 Å². The van der Waals surface area contributed by atoms with Crippen LogP contribution >= 0.6 is 17.2 Å². The molecule has 1 aromatic carbocycles. The molecule has 0 N–H and O–H groups in total. The highest BCUT2D eigenvalue weighted by Gasteiger charge is 2.63. The molecule has 8 fully saturated rings. The SMILES string of the molecule is CC(C)(C)C(P)(c1ccc([Si](C)(C)C)cc1CP(C12CC3CC(CC(C3)C1)C2)C12CC3CC(CC(C3)C1)C2)C(C)(C)C. The first-order valence-electron chi connectivity index (χ1n) is 18.1. The number of hydrogen-bond acceptors (Lipinski definition) is 0. The molecule has 8 bridgehead atoms. The van der Waals surface area contributed by atoms with Crippen LogP contribution in [0.2, 0.25) is 19.6 Å². The third-order valence-electron chi connectivity index (χ3n) is 14.2. The van der Waals surface area contributed by atoms with Crippen molar-refractivity contribution in [3.63, 3.8) is 0 Å². The predicted molar refractivity (Wildman–Crippen MR) is 192 cm³/mol. The Labute approximate surface area is 265 Å². The van der Waals surface area contributed by atoms with E-state index in [1.807, 2.05) is 0 Å². The summed E-state index contributed by atoms with van der Waals surface area (Å²) < 4.78 is 0. The summed E-state index contributed by atoms with van der Waals surface area (Å²) in [5.74, 6) is 6.38. The topological polar surface area (TPSA) is 0 Å². The second-order valence-corrected chi connectivity index (χ2v) is 29.3. The van der Waals surface area contributed by atoms with E-state index in [1.54, 1.807) is 93.4 Å². The Hall–Kier alpha value is 0.297. The molecule has 0 nitrogen and oxygen atoms in total. The van der Waals surface area contributed by atoms with Crippen LogP contribution in [0.3, 0.4) is 0 Å². The van der Waals surface area contributed by atoms with Gasteiger partial charge in [-0.15, -0.1) is 9.24 Å². The van der Waals surface area contributed by atoms with Crippen molar-refractivity contribution in [2.24, 2.45) is 46.3 Å². The summed E-state index contributed by atoms with van der Waals surface area (Å²) in [4.78, 5) is 0. The summed E-state index contributed by atoms with van der Waals surface area (Å²) in [5.41, 5.74) is 3.81. The van der Waals surface area contributed by atoms with Crippen molar-refractivity contribution in [3.8, 4) is 0 Å². The molecule has 8 aliphatic carbocycles. The van der Waals surface area contributed by atoms with Gasteiger partial charge in [-0.2, -0.15) is 0 Å². The molecular weight excluding hydrogens is 558 g/mol. The highest BCUT2D eigenvalue weighted by Crippen LogP contribution is 2.80. The van der Waals surface area contributed by atoms with Crippen molar-refractivity contribution in [1.29, 1.82) is 0 Å². The van der Waals surface area contributed by atoms with Crippen LogP contribution < -0.4 is 5.19 Å². The van der Waals surface area contributed by atoms with Gasteiger partial charge in [0.1, 0.15) is 0 Å². The molecule has 1 unspecified atom stereocenters. The van der Waals surface area contributed by atoms with Crippen LogP contribution in [0.15, 0.2) is 18.2 Å². The van der Waals surface area contributed by atoms with Crippen molar-refractivity contribution in [3.05, 3.63) is 29.3 Å². The smallest absolute Gasteiger partial charge is 0.0776 e. The summed E-state index contributed by atoms with van der Waals surface area (Å²) in [6, 6.07) is 8.08. The summed E-state index contributed by atoms with van der Waals surface area (Å²) in [6.07, 6.45) is 20.6. The average molecular weight is 623 g/mol. The zero-order valence-corrected chi connectivity index (χ0v) is 32.0. The summed E-state index contributed by atoms with van der Waals surface area (Å²) in [7, 11) is 2.02. The number of rotatable bonds is 6. The third kappa shape index (κ3) is 4.85. The molecule has 3 heteroatoms. The molecule has 8 aliphatic rings. The van der Waals surface area contributed by atoms with Gasteiger partial charge in [-0.3, -0.25) is 0 Å². The van der Waals surface area contributed by atoms with E-state index in [1.165, 1.54) is 6.16 Å². The molecule has 1 atom stereocenters. The van der Waals surface area contributed by atoms with Gasteiger partial charge in [-0.1, -0.05) is 92.5 Å². The van der Waals surface area contributed by atoms with Crippen molar-refractivity contribution in [2.75, 3.05) is 0 Å². The Morgan fingerprint density at radius 3 is 1.33 bits per heavy atom. The summed E-state index contributed by atoms with van der Waals surface area (Å²) >= 11 is 0. The van der Waals surface area contributed by atoms with E-state index in [4.69, 9.17) is 0 Å². The highest BCUT2D eigenvalue weighted by molar-refractivity contribution is 7.60. The van der Waals surface area contributed by atoms with Gasteiger partial charge in [0.25, 0.3) is 0 Å². The van der Waals surface area contributed by atoms with Crippen LogP contribution in [0.1, 0.15) is 130 Å². The maximum absolute atomic E-state index is 3.52. The molecule has 0 radical (unpaired) electrons. The molecule has 0 spiro atoms. The fourth-order valence-electron chi connectivity index (χ4n) is 13.3. The minimum atomic E-state index is -1.43. The molecule has 0 heterocycles. The Morgan fingerprint density at radius 2 is 1.02 bits per heavy atom. The van der Waals surface area contributed by atoms with Crippen LogP contribution in [-0.4, -0.2) is 18.4 Å². The van der Waals surface area contributed by atoms with E-state index >= 15 is 0 Å². The Kier molecular flexibility index (Phi) is 7.29. The first-order valence-corrected chi connectivity index (χ1v) is 23.7. The van der Waals surface area contributed by atoms with Crippen molar-refractivity contribution >= 4 is 30.4 Å². The maximum Gasteiger partial charge on any atom is 0.0776 e. The zero-order chi connectivity index (χ0) is 30.1. The van der Waals surface area contributed by atoms with Crippen LogP contribution in [0.5, 0.6) is 0 Å². The molecule has 8 saturated carbocycles. The Morgan fingerprint density at radius 1 is 0.667 bits per heavy atom. The second-order valence-electron chi connectivity index (χ2n) is 20.3. The minimum absolute atomic E-state index is 0.0389. The number of benzene rings is 1. The number of hydrogen-bond donors (Lipinski definition) is 0. The lowest BCUT2D eigenvalue weighted by Crippen LogP contribution is -2.56. The zero-order valence-electron chi connectivity index (χ0n) is 28.9. The van der Waals surface area contributed by atoms with Gasteiger partial charge in [0.2, 0.25) is 0 Å². The third-order valence-corrected chi connectivity index (χ3v) is 22.4. The maximum atomic E-state index is 3.52. The Bertz CT molecular complexity index is 1080. The highest BCUT2D eigenvalue weighted by atomic mass is 31.1. The van der Waals surface area contributed by atoms with Gasteiger partial charge in [0.15, 0.2) is 0 Å². The van der Waals surface area contributed by atoms with Crippen molar-refractivity contribution in [1.82, 2.24) is 0 Å². The van der Waals surface area contributed by atoms with Crippen molar-refractivity contribution < 1.29 is 0 Å². The van der Waals surface area contributed by atoms with Gasteiger partial charge in [-0.25, -0.2) is 0 Å². The molecule has 1 aromatic rings. The normalized spacial score (nSPS) is 40.1. The monoisotopic (exact) mass is 622 g/mol. The molecule has 0 amide bonds. The molecule has 0 aromatic heterocycles.